The van der Waals surface area contributed by atoms with Crippen molar-refractivity contribution in [3.8, 4) is 6.07 Å². The first-order chi connectivity index (χ1) is 7.72. The van der Waals surface area contributed by atoms with Crippen LogP contribution < -0.4 is 0 Å². The largest absolute Gasteiger partial charge is 0.393 e. The molecule has 0 radical (unpaired) electrons. The van der Waals surface area contributed by atoms with Crippen LogP contribution in [0.25, 0.3) is 0 Å². The van der Waals surface area contributed by atoms with Gasteiger partial charge in [-0.25, -0.2) is 0 Å². The Balaban J connectivity index is 0.000000165. The Labute approximate surface area is 97.5 Å². The predicted molar refractivity (Wildman–Crippen MR) is 65.0 cm³/mol. The maximum atomic E-state index is 8.91. The zero-order valence-electron chi connectivity index (χ0n) is 9.82. The van der Waals surface area contributed by atoms with E-state index in [4.69, 9.17) is 10.4 Å². The van der Waals surface area contributed by atoms with Crippen molar-refractivity contribution in [2.75, 3.05) is 0 Å². The van der Waals surface area contributed by atoms with E-state index in [-0.39, 0.29) is 6.10 Å². The van der Waals surface area contributed by atoms with Crippen LogP contribution in [-0.4, -0.2) is 11.2 Å². The van der Waals surface area contributed by atoms with Crippen LogP contribution in [0, 0.1) is 18.3 Å². The molecule has 2 rings (SSSR count). The van der Waals surface area contributed by atoms with E-state index in [1.165, 1.54) is 24.8 Å². The van der Waals surface area contributed by atoms with Crippen molar-refractivity contribution in [2.24, 2.45) is 0 Å². The first-order valence-electron chi connectivity index (χ1n) is 5.87. The van der Waals surface area contributed by atoms with Gasteiger partial charge in [0.15, 0.2) is 0 Å². The lowest BCUT2D eigenvalue weighted by atomic mass is 9.98. The van der Waals surface area contributed by atoms with Gasteiger partial charge in [0.2, 0.25) is 0 Å². The summed E-state index contributed by atoms with van der Waals surface area (Å²) >= 11 is 0. The molecule has 1 N–H and O–H groups in total. The smallest absolute Gasteiger partial charge is 0.0991 e. The van der Waals surface area contributed by atoms with Crippen LogP contribution in [0.3, 0.4) is 0 Å². The van der Waals surface area contributed by atoms with Gasteiger partial charge in [-0.3, -0.25) is 0 Å². The molecule has 0 aliphatic heterocycles. The minimum atomic E-state index is 0.0359. The number of nitriles is 1. The number of aryl methyl sites for hydroxylation is 1. The highest BCUT2D eigenvalue weighted by molar-refractivity contribution is 5.30. The van der Waals surface area contributed by atoms with Crippen LogP contribution in [-0.2, 0) is 0 Å². The maximum Gasteiger partial charge on any atom is 0.0991 e. The molecule has 0 bridgehead atoms. The fourth-order valence-electron chi connectivity index (χ4n) is 1.71. The van der Waals surface area contributed by atoms with Crippen molar-refractivity contribution in [2.45, 2.75) is 45.1 Å². The molecule has 0 saturated heterocycles. The first kappa shape index (κ1) is 12.7. The van der Waals surface area contributed by atoms with Gasteiger partial charge in [-0.05, 0) is 31.9 Å². The Hall–Kier alpha value is -1.33. The molecule has 2 nitrogen and oxygen atoms in total. The molecule has 0 amide bonds. The summed E-state index contributed by atoms with van der Waals surface area (Å²) in [6.07, 6.45) is 5.92. The van der Waals surface area contributed by atoms with Crippen molar-refractivity contribution in [3.63, 3.8) is 0 Å². The Bertz CT molecular complexity index is 331. The summed E-state index contributed by atoms with van der Waals surface area (Å²) in [7, 11) is 0. The highest BCUT2D eigenvalue weighted by atomic mass is 16.3. The van der Waals surface area contributed by atoms with Crippen molar-refractivity contribution in [1.29, 1.82) is 5.26 Å². The van der Waals surface area contributed by atoms with Crippen LogP contribution in [0.4, 0.5) is 0 Å². The highest BCUT2D eigenvalue weighted by Crippen LogP contribution is 2.16. The molecule has 0 atom stereocenters. The van der Waals surface area contributed by atoms with Crippen LogP contribution in [0.1, 0.15) is 43.2 Å². The quantitative estimate of drug-likeness (QED) is 0.725. The van der Waals surface area contributed by atoms with Crippen molar-refractivity contribution < 1.29 is 5.11 Å². The molecule has 1 aromatic carbocycles. The van der Waals surface area contributed by atoms with E-state index in [1.54, 1.807) is 0 Å². The summed E-state index contributed by atoms with van der Waals surface area (Å²) in [6.45, 7) is 2.00. The monoisotopic (exact) mass is 217 g/mol. The van der Waals surface area contributed by atoms with E-state index in [2.05, 4.69) is 6.07 Å². The van der Waals surface area contributed by atoms with Crippen molar-refractivity contribution >= 4 is 0 Å². The topological polar surface area (TPSA) is 44.0 Å². The molecule has 2 heteroatoms. The molecule has 1 fully saturated rings. The van der Waals surface area contributed by atoms with Gasteiger partial charge in [-0.15, -0.1) is 0 Å². The highest BCUT2D eigenvalue weighted by Gasteiger charge is 2.07. The van der Waals surface area contributed by atoms with E-state index >= 15 is 0 Å². The van der Waals surface area contributed by atoms with E-state index in [9.17, 15) is 0 Å². The number of rotatable bonds is 0. The molecule has 1 saturated carbocycles. The number of aliphatic hydroxyl groups is 1. The lowest BCUT2D eigenvalue weighted by Crippen LogP contribution is -2.09. The third kappa shape index (κ3) is 4.95. The molecule has 0 aromatic heterocycles. The van der Waals surface area contributed by atoms with Crippen molar-refractivity contribution in [3.05, 3.63) is 35.4 Å². The second-order valence-corrected chi connectivity index (χ2v) is 4.27. The lowest BCUT2D eigenvalue weighted by molar-refractivity contribution is 0.130. The average Bonchev–Trinajstić information content (AvgIpc) is 2.32. The van der Waals surface area contributed by atoms with E-state index in [1.807, 2.05) is 31.2 Å². The number of hydrogen-bond acceptors (Lipinski definition) is 2. The lowest BCUT2D eigenvalue weighted by Gasteiger charge is -2.14. The molecular formula is C14H19NO. The summed E-state index contributed by atoms with van der Waals surface area (Å²) in [6, 6.07) is 9.54. The molecular weight excluding hydrogens is 198 g/mol. The van der Waals surface area contributed by atoms with Gasteiger partial charge >= 0.3 is 0 Å². The molecule has 1 aliphatic rings. The zero-order chi connectivity index (χ0) is 11.8. The second kappa shape index (κ2) is 7.03. The van der Waals surface area contributed by atoms with Crippen LogP contribution in [0.5, 0.6) is 0 Å². The van der Waals surface area contributed by atoms with Crippen LogP contribution >= 0.6 is 0 Å². The molecule has 1 aromatic rings. The summed E-state index contributed by atoms with van der Waals surface area (Å²) < 4.78 is 0. The first-order valence-corrected chi connectivity index (χ1v) is 5.87. The van der Waals surface area contributed by atoms with Gasteiger partial charge in [-0.1, -0.05) is 37.0 Å². The van der Waals surface area contributed by atoms with Crippen molar-refractivity contribution in [1.82, 2.24) is 0 Å². The number of hydrogen-bond donors (Lipinski definition) is 1. The van der Waals surface area contributed by atoms with E-state index in [0.29, 0.717) is 0 Å². The molecule has 0 heterocycles. The Morgan fingerprint density at radius 2 is 1.69 bits per heavy atom. The van der Waals surface area contributed by atoms with Crippen LogP contribution in [0.15, 0.2) is 24.3 Å². The third-order valence-electron chi connectivity index (χ3n) is 2.76. The minimum Gasteiger partial charge on any atom is -0.393 e. The fraction of sp³-hybridized carbons (Fsp3) is 0.500. The number of benzene rings is 1. The standard InChI is InChI=1S/C8H7N.C6H12O/c1-7-2-4-8(6-9)5-3-7;7-6-4-2-1-3-5-6/h2-5H,1H3;6-7H,1-5H2. The summed E-state index contributed by atoms with van der Waals surface area (Å²) in [5, 5.41) is 17.3. The summed E-state index contributed by atoms with van der Waals surface area (Å²) in [4.78, 5) is 0. The second-order valence-electron chi connectivity index (χ2n) is 4.27. The van der Waals surface area contributed by atoms with E-state index in [0.717, 1.165) is 18.4 Å². The third-order valence-corrected chi connectivity index (χ3v) is 2.76. The molecule has 0 unspecified atom stereocenters. The summed E-state index contributed by atoms with van der Waals surface area (Å²) in [5.41, 5.74) is 1.91. The SMILES string of the molecule is Cc1ccc(C#N)cc1.OC1CCCCC1. The Morgan fingerprint density at radius 3 is 2.06 bits per heavy atom. The van der Waals surface area contributed by atoms with Gasteiger partial charge in [0.1, 0.15) is 0 Å². The van der Waals surface area contributed by atoms with Gasteiger partial charge < -0.3 is 5.11 Å². The van der Waals surface area contributed by atoms with Gasteiger partial charge in [0.25, 0.3) is 0 Å². The van der Waals surface area contributed by atoms with Gasteiger partial charge in [-0.2, -0.15) is 5.26 Å². The Morgan fingerprint density at radius 1 is 1.12 bits per heavy atom. The van der Waals surface area contributed by atoms with Gasteiger partial charge in [0.05, 0.1) is 17.7 Å². The number of nitrogens with zero attached hydrogens (tertiary/aromatic N) is 1. The maximum absolute atomic E-state index is 8.91. The Kier molecular flexibility index (Phi) is 5.60. The van der Waals surface area contributed by atoms with Gasteiger partial charge in [0, 0.05) is 0 Å². The molecule has 86 valence electrons. The molecule has 1 aliphatic carbocycles. The van der Waals surface area contributed by atoms with Crippen LogP contribution in [0.2, 0.25) is 0 Å². The normalized spacial score (nSPS) is 15.8. The fourth-order valence-corrected chi connectivity index (χ4v) is 1.71. The number of aliphatic hydroxyl groups excluding tert-OH is 1. The predicted octanol–water partition coefficient (Wildman–Crippen LogP) is 3.18. The molecule has 16 heavy (non-hydrogen) atoms. The molecule has 0 spiro atoms. The summed E-state index contributed by atoms with van der Waals surface area (Å²) in [5.74, 6) is 0. The average molecular weight is 217 g/mol. The zero-order valence-corrected chi connectivity index (χ0v) is 9.82. The minimum absolute atomic E-state index is 0.0359. The van der Waals surface area contributed by atoms with E-state index < -0.39 is 0 Å².